The van der Waals surface area contributed by atoms with E-state index in [0.29, 0.717) is 6.61 Å². The lowest BCUT2D eigenvalue weighted by atomic mass is 10.2. The first-order valence-electron chi connectivity index (χ1n) is 6.98. The van der Waals surface area contributed by atoms with Crippen LogP contribution in [-0.2, 0) is 0 Å². The number of ether oxygens (including phenoxy) is 2. The molecule has 1 heterocycles. The van der Waals surface area contributed by atoms with E-state index in [-0.39, 0.29) is 0 Å². The quantitative estimate of drug-likeness (QED) is 0.680. The summed E-state index contributed by atoms with van der Waals surface area (Å²) >= 11 is 1.69. The van der Waals surface area contributed by atoms with Gasteiger partial charge in [-0.2, -0.15) is 0 Å². The summed E-state index contributed by atoms with van der Waals surface area (Å²) in [5.74, 6) is 1.53. The molecule has 0 bridgehead atoms. The van der Waals surface area contributed by atoms with Gasteiger partial charge in [-0.3, -0.25) is 0 Å². The van der Waals surface area contributed by atoms with Gasteiger partial charge >= 0.3 is 0 Å². The highest BCUT2D eigenvalue weighted by Gasteiger charge is 2.10. The van der Waals surface area contributed by atoms with Gasteiger partial charge in [0.15, 0.2) is 11.5 Å². The van der Waals surface area contributed by atoms with Gasteiger partial charge in [0.1, 0.15) is 5.01 Å². The summed E-state index contributed by atoms with van der Waals surface area (Å²) in [7, 11) is 1.66. The molecule has 21 heavy (non-hydrogen) atoms. The highest BCUT2D eigenvalue weighted by molar-refractivity contribution is 7.21. The molecule has 3 aromatic rings. The fraction of sp³-hybridized carbons (Fsp3) is 0.235. The van der Waals surface area contributed by atoms with Crippen molar-refractivity contribution in [1.29, 1.82) is 0 Å². The molecule has 0 atom stereocenters. The smallest absolute Gasteiger partial charge is 0.161 e. The van der Waals surface area contributed by atoms with E-state index in [9.17, 15) is 0 Å². The van der Waals surface area contributed by atoms with Crippen molar-refractivity contribution in [3.63, 3.8) is 0 Å². The zero-order valence-electron chi connectivity index (χ0n) is 12.1. The Labute approximate surface area is 128 Å². The van der Waals surface area contributed by atoms with Crippen molar-refractivity contribution in [2.75, 3.05) is 13.7 Å². The predicted molar refractivity (Wildman–Crippen MR) is 87.4 cm³/mol. The molecule has 108 valence electrons. The summed E-state index contributed by atoms with van der Waals surface area (Å²) in [6, 6.07) is 14.1. The normalized spacial score (nSPS) is 10.8. The average molecular weight is 299 g/mol. The molecule has 0 radical (unpaired) electrons. The van der Waals surface area contributed by atoms with Crippen LogP contribution in [0.4, 0.5) is 0 Å². The van der Waals surface area contributed by atoms with Gasteiger partial charge in [-0.1, -0.05) is 19.1 Å². The zero-order chi connectivity index (χ0) is 14.7. The molecule has 0 fully saturated rings. The van der Waals surface area contributed by atoms with Crippen molar-refractivity contribution >= 4 is 21.6 Å². The summed E-state index contributed by atoms with van der Waals surface area (Å²) in [5.41, 5.74) is 2.08. The number of rotatable bonds is 5. The monoisotopic (exact) mass is 299 g/mol. The van der Waals surface area contributed by atoms with Crippen LogP contribution in [0.25, 0.3) is 20.8 Å². The number of hydrogen-bond acceptors (Lipinski definition) is 4. The Bertz CT molecular complexity index is 718. The molecule has 0 amide bonds. The van der Waals surface area contributed by atoms with Crippen LogP contribution >= 0.6 is 11.3 Å². The van der Waals surface area contributed by atoms with E-state index < -0.39 is 0 Å². The number of hydrogen-bond donors (Lipinski definition) is 0. The number of thiazole rings is 1. The van der Waals surface area contributed by atoms with Gasteiger partial charge < -0.3 is 9.47 Å². The minimum absolute atomic E-state index is 0.691. The first-order chi connectivity index (χ1) is 10.3. The summed E-state index contributed by atoms with van der Waals surface area (Å²) in [4.78, 5) is 4.67. The number of benzene rings is 2. The van der Waals surface area contributed by atoms with Crippen molar-refractivity contribution in [1.82, 2.24) is 4.98 Å². The number of aromatic nitrogens is 1. The van der Waals surface area contributed by atoms with Crippen molar-refractivity contribution in [3.8, 4) is 22.1 Å². The van der Waals surface area contributed by atoms with E-state index in [1.54, 1.807) is 18.4 Å². The Kier molecular flexibility index (Phi) is 4.06. The van der Waals surface area contributed by atoms with Crippen LogP contribution in [0.5, 0.6) is 11.5 Å². The van der Waals surface area contributed by atoms with Crippen LogP contribution in [0.1, 0.15) is 13.3 Å². The SMILES string of the molecule is CCCOc1ccc(-c2nc3ccccc3s2)cc1OC. The van der Waals surface area contributed by atoms with Gasteiger partial charge in [0.25, 0.3) is 0 Å². The highest BCUT2D eigenvalue weighted by Crippen LogP contribution is 2.35. The molecule has 0 N–H and O–H groups in total. The molecule has 3 nitrogen and oxygen atoms in total. The minimum Gasteiger partial charge on any atom is -0.493 e. The standard InChI is InChI=1S/C17H17NO2S/c1-3-10-20-14-9-8-12(11-15(14)19-2)17-18-13-6-4-5-7-16(13)21-17/h4-9,11H,3,10H2,1-2H3. The Morgan fingerprint density at radius 3 is 2.71 bits per heavy atom. The molecule has 3 rings (SSSR count). The molecule has 2 aromatic carbocycles. The summed E-state index contributed by atoms with van der Waals surface area (Å²) in [6.45, 7) is 2.78. The molecular formula is C17H17NO2S. The molecule has 0 unspecified atom stereocenters. The number of fused-ring (bicyclic) bond motifs is 1. The molecule has 0 aliphatic rings. The molecule has 4 heteroatoms. The average Bonchev–Trinajstić information content (AvgIpc) is 2.96. The van der Waals surface area contributed by atoms with Crippen molar-refractivity contribution in [3.05, 3.63) is 42.5 Å². The predicted octanol–water partition coefficient (Wildman–Crippen LogP) is 4.76. The number of methoxy groups -OCH3 is 1. The Balaban J connectivity index is 1.98. The molecule has 0 saturated heterocycles. The number of para-hydroxylation sites is 1. The molecular weight excluding hydrogens is 282 g/mol. The first-order valence-corrected chi connectivity index (χ1v) is 7.80. The molecule has 1 aromatic heterocycles. The summed E-state index contributed by atoms with van der Waals surface area (Å²) in [5, 5.41) is 0.997. The number of nitrogens with zero attached hydrogens (tertiary/aromatic N) is 1. The van der Waals surface area contributed by atoms with Gasteiger partial charge in [-0.25, -0.2) is 4.98 Å². The van der Waals surface area contributed by atoms with E-state index in [1.807, 2.05) is 36.4 Å². The lowest BCUT2D eigenvalue weighted by Gasteiger charge is -2.10. The van der Waals surface area contributed by atoms with Crippen LogP contribution in [0.2, 0.25) is 0 Å². The van der Waals surface area contributed by atoms with Crippen molar-refractivity contribution in [2.24, 2.45) is 0 Å². The van der Waals surface area contributed by atoms with Crippen LogP contribution in [0.15, 0.2) is 42.5 Å². The van der Waals surface area contributed by atoms with Gasteiger partial charge in [0.2, 0.25) is 0 Å². The van der Waals surface area contributed by atoms with Crippen LogP contribution in [0.3, 0.4) is 0 Å². The van der Waals surface area contributed by atoms with Gasteiger partial charge in [-0.15, -0.1) is 11.3 Å². The lowest BCUT2D eigenvalue weighted by molar-refractivity contribution is 0.294. The third-order valence-electron chi connectivity index (χ3n) is 3.17. The minimum atomic E-state index is 0.691. The van der Waals surface area contributed by atoms with Gasteiger partial charge in [0, 0.05) is 5.56 Å². The second kappa shape index (κ2) is 6.14. The van der Waals surface area contributed by atoms with E-state index >= 15 is 0 Å². The van der Waals surface area contributed by atoms with Crippen LogP contribution < -0.4 is 9.47 Å². The topological polar surface area (TPSA) is 31.4 Å². The van der Waals surface area contributed by atoms with E-state index in [1.165, 1.54) is 4.70 Å². The Morgan fingerprint density at radius 1 is 1.10 bits per heavy atom. The Morgan fingerprint density at radius 2 is 1.95 bits per heavy atom. The third-order valence-corrected chi connectivity index (χ3v) is 4.25. The van der Waals surface area contributed by atoms with Crippen LogP contribution in [0, 0.1) is 0 Å². The zero-order valence-corrected chi connectivity index (χ0v) is 12.9. The third kappa shape index (κ3) is 2.85. The highest BCUT2D eigenvalue weighted by atomic mass is 32.1. The first kappa shape index (κ1) is 13.9. The summed E-state index contributed by atoms with van der Waals surface area (Å²) in [6.07, 6.45) is 0.975. The molecule has 0 aliphatic heterocycles. The molecule has 0 spiro atoms. The molecule has 0 saturated carbocycles. The van der Waals surface area contributed by atoms with Crippen molar-refractivity contribution in [2.45, 2.75) is 13.3 Å². The maximum Gasteiger partial charge on any atom is 0.161 e. The largest absolute Gasteiger partial charge is 0.493 e. The van der Waals surface area contributed by atoms with E-state index in [4.69, 9.17) is 9.47 Å². The second-order valence-corrected chi connectivity index (χ2v) is 5.73. The van der Waals surface area contributed by atoms with E-state index in [0.717, 1.165) is 34.0 Å². The van der Waals surface area contributed by atoms with Gasteiger partial charge in [0.05, 0.1) is 23.9 Å². The van der Waals surface area contributed by atoms with Crippen molar-refractivity contribution < 1.29 is 9.47 Å². The van der Waals surface area contributed by atoms with Crippen LogP contribution in [-0.4, -0.2) is 18.7 Å². The fourth-order valence-corrected chi connectivity index (χ4v) is 3.09. The maximum atomic E-state index is 5.68. The Hall–Kier alpha value is -2.07. The van der Waals surface area contributed by atoms with E-state index in [2.05, 4.69) is 18.0 Å². The van der Waals surface area contributed by atoms with Gasteiger partial charge in [-0.05, 0) is 36.8 Å². The fourth-order valence-electron chi connectivity index (χ4n) is 2.13. The summed E-state index contributed by atoms with van der Waals surface area (Å²) < 4.78 is 12.3. The molecule has 0 aliphatic carbocycles. The lowest BCUT2D eigenvalue weighted by Crippen LogP contribution is -1.97. The second-order valence-electron chi connectivity index (χ2n) is 4.70. The maximum absolute atomic E-state index is 5.68.